The van der Waals surface area contributed by atoms with Crippen LogP contribution in [0.3, 0.4) is 0 Å². The molecule has 1 aliphatic rings. The van der Waals surface area contributed by atoms with Gasteiger partial charge in [0.1, 0.15) is 0 Å². The fourth-order valence-corrected chi connectivity index (χ4v) is 4.38. The molecular weight excluding hydrogens is 410 g/mol. The minimum Gasteiger partial charge on any atom is -0.377 e. The Bertz CT molecular complexity index is 897. The van der Waals surface area contributed by atoms with Crippen LogP contribution in [-0.2, 0) is 16.1 Å². The maximum Gasteiger partial charge on any atom is 0.265 e. The van der Waals surface area contributed by atoms with Crippen molar-refractivity contribution in [2.75, 3.05) is 37.5 Å². The van der Waals surface area contributed by atoms with E-state index in [-0.39, 0.29) is 17.9 Å². The lowest BCUT2D eigenvalue weighted by Gasteiger charge is -2.32. The van der Waals surface area contributed by atoms with E-state index in [2.05, 4.69) is 5.32 Å². The van der Waals surface area contributed by atoms with Crippen molar-refractivity contribution >= 4 is 34.5 Å². The Hall–Kier alpha value is -2.38. The van der Waals surface area contributed by atoms with Gasteiger partial charge in [-0.2, -0.15) is 0 Å². The summed E-state index contributed by atoms with van der Waals surface area (Å²) in [5, 5.41) is 4.87. The van der Waals surface area contributed by atoms with Crippen molar-refractivity contribution in [3.8, 4) is 0 Å². The first kappa shape index (κ1) is 23.3. The van der Waals surface area contributed by atoms with Gasteiger partial charge < -0.3 is 19.9 Å². The van der Waals surface area contributed by atoms with Crippen molar-refractivity contribution in [2.24, 2.45) is 5.41 Å². The van der Waals surface area contributed by atoms with E-state index in [0.29, 0.717) is 18.0 Å². The second kappa shape index (κ2) is 9.83. The van der Waals surface area contributed by atoms with Crippen LogP contribution in [0.15, 0.2) is 35.7 Å². The zero-order valence-corrected chi connectivity index (χ0v) is 19.9. The summed E-state index contributed by atoms with van der Waals surface area (Å²) in [6.07, 6.45) is 2.09. The second-order valence-electron chi connectivity index (χ2n) is 9.24. The molecule has 1 atom stereocenters. The zero-order valence-electron chi connectivity index (χ0n) is 19.1. The molecule has 2 aromatic rings. The number of carbonyl (C=O) groups excluding carboxylic acids is 2. The van der Waals surface area contributed by atoms with Crippen LogP contribution in [0.2, 0.25) is 0 Å². The van der Waals surface area contributed by atoms with E-state index in [9.17, 15) is 9.59 Å². The van der Waals surface area contributed by atoms with Gasteiger partial charge in [0, 0.05) is 50.6 Å². The summed E-state index contributed by atoms with van der Waals surface area (Å²) in [6.45, 7) is 7.64. The molecule has 168 valence electrons. The Morgan fingerprint density at radius 2 is 2.00 bits per heavy atom. The molecule has 2 amide bonds. The molecule has 1 N–H and O–H groups in total. The number of hydrogen-bond acceptors (Lipinski definition) is 5. The SMILES string of the molecule is CN(C)c1ccc(NC(=O)c2cccs2)cc1CN(CC1CCCO1)C(=O)C(C)(C)C. The number of thiophene rings is 1. The van der Waals surface area contributed by atoms with Gasteiger partial charge in [0.05, 0.1) is 11.0 Å². The smallest absolute Gasteiger partial charge is 0.265 e. The Balaban J connectivity index is 1.87. The van der Waals surface area contributed by atoms with Crippen LogP contribution in [0.4, 0.5) is 11.4 Å². The van der Waals surface area contributed by atoms with Crippen LogP contribution >= 0.6 is 11.3 Å². The number of benzene rings is 1. The molecule has 2 heterocycles. The van der Waals surface area contributed by atoms with Crippen molar-refractivity contribution in [3.05, 3.63) is 46.2 Å². The predicted molar refractivity (Wildman–Crippen MR) is 127 cm³/mol. The van der Waals surface area contributed by atoms with Crippen molar-refractivity contribution in [2.45, 2.75) is 46.3 Å². The number of nitrogens with one attached hydrogen (secondary N) is 1. The van der Waals surface area contributed by atoms with Crippen LogP contribution in [0.1, 0.15) is 48.8 Å². The minimum absolute atomic E-state index is 0.0795. The predicted octanol–water partition coefficient (Wildman–Crippen LogP) is 4.62. The number of amides is 2. The summed E-state index contributed by atoms with van der Waals surface area (Å²) < 4.78 is 5.82. The molecule has 0 spiro atoms. The number of ether oxygens (including phenoxy) is 1. The molecule has 0 bridgehead atoms. The Morgan fingerprint density at radius 1 is 1.23 bits per heavy atom. The molecule has 1 saturated heterocycles. The van der Waals surface area contributed by atoms with Gasteiger partial charge in [0.15, 0.2) is 0 Å². The molecule has 0 aliphatic carbocycles. The van der Waals surface area contributed by atoms with Crippen molar-refractivity contribution in [3.63, 3.8) is 0 Å². The lowest BCUT2D eigenvalue weighted by molar-refractivity contribution is -0.141. The molecule has 1 aromatic heterocycles. The standard InChI is InChI=1S/C24H33N3O3S/c1-24(2,3)23(29)27(16-19-8-6-12-30-19)15-17-14-18(10-11-20(17)26(4)5)25-22(28)21-9-7-13-31-21/h7,9-11,13-14,19H,6,8,12,15-16H2,1-5H3,(H,25,28). The Kier molecular flexibility index (Phi) is 7.38. The molecule has 6 nitrogen and oxygen atoms in total. The minimum atomic E-state index is -0.484. The highest BCUT2D eigenvalue weighted by molar-refractivity contribution is 7.12. The van der Waals surface area contributed by atoms with E-state index in [0.717, 1.165) is 36.4 Å². The lowest BCUT2D eigenvalue weighted by Crippen LogP contribution is -2.43. The molecule has 7 heteroatoms. The van der Waals surface area contributed by atoms with E-state index in [1.54, 1.807) is 6.07 Å². The number of anilines is 2. The Morgan fingerprint density at radius 3 is 2.58 bits per heavy atom. The quantitative estimate of drug-likeness (QED) is 0.678. The average Bonchev–Trinajstić information content (AvgIpc) is 3.40. The molecule has 0 radical (unpaired) electrons. The first-order valence-corrected chi connectivity index (χ1v) is 11.6. The highest BCUT2D eigenvalue weighted by atomic mass is 32.1. The van der Waals surface area contributed by atoms with Gasteiger partial charge in [-0.05, 0) is 48.1 Å². The first-order chi connectivity index (χ1) is 14.6. The number of rotatable bonds is 7. The number of carbonyl (C=O) groups is 2. The van der Waals surface area contributed by atoms with Gasteiger partial charge in [-0.25, -0.2) is 0 Å². The third kappa shape index (κ3) is 6.08. The van der Waals surface area contributed by atoms with Crippen LogP contribution in [0.25, 0.3) is 0 Å². The maximum atomic E-state index is 13.2. The van der Waals surface area contributed by atoms with Crippen LogP contribution < -0.4 is 10.2 Å². The van der Waals surface area contributed by atoms with Crippen LogP contribution in [0, 0.1) is 5.41 Å². The fourth-order valence-electron chi connectivity index (χ4n) is 3.76. The first-order valence-electron chi connectivity index (χ1n) is 10.7. The van der Waals surface area contributed by atoms with Gasteiger partial charge in [-0.3, -0.25) is 9.59 Å². The third-order valence-electron chi connectivity index (χ3n) is 5.30. The molecule has 0 saturated carbocycles. The normalized spacial score (nSPS) is 16.2. The second-order valence-corrected chi connectivity index (χ2v) is 10.2. The highest BCUT2D eigenvalue weighted by Gasteiger charge is 2.31. The van der Waals surface area contributed by atoms with Crippen molar-refractivity contribution < 1.29 is 14.3 Å². The van der Waals surface area contributed by atoms with E-state index in [1.807, 2.05) is 74.3 Å². The molecular formula is C24H33N3O3S. The van der Waals surface area contributed by atoms with Crippen molar-refractivity contribution in [1.29, 1.82) is 0 Å². The molecule has 1 fully saturated rings. The summed E-state index contributed by atoms with van der Waals surface area (Å²) in [6, 6.07) is 9.53. The van der Waals surface area contributed by atoms with E-state index in [4.69, 9.17) is 4.74 Å². The Labute approximate surface area is 189 Å². The number of hydrogen-bond donors (Lipinski definition) is 1. The van der Waals surface area contributed by atoms with Crippen molar-refractivity contribution in [1.82, 2.24) is 4.90 Å². The molecule has 3 rings (SSSR count). The third-order valence-corrected chi connectivity index (χ3v) is 6.17. The highest BCUT2D eigenvalue weighted by Crippen LogP contribution is 2.28. The lowest BCUT2D eigenvalue weighted by atomic mass is 9.94. The van der Waals surface area contributed by atoms with E-state index < -0.39 is 5.41 Å². The summed E-state index contributed by atoms with van der Waals surface area (Å²) in [7, 11) is 3.97. The zero-order chi connectivity index (χ0) is 22.6. The largest absolute Gasteiger partial charge is 0.377 e. The summed E-state index contributed by atoms with van der Waals surface area (Å²) in [5.74, 6) is -0.0266. The van der Waals surface area contributed by atoms with Gasteiger partial charge in [0.2, 0.25) is 5.91 Å². The molecule has 1 aromatic carbocycles. The molecule has 31 heavy (non-hydrogen) atoms. The summed E-state index contributed by atoms with van der Waals surface area (Å²) >= 11 is 1.41. The summed E-state index contributed by atoms with van der Waals surface area (Å²) in [5.41, 5.74) is 2.25. The van der Waals surface area contributed by atoms with Gasteiger partial charge in [-0.1, -0.05) is 26.8 Å². The number of nitrogens with zero attached hydrogens (tertiary/aromatic N) is 2. The van der Waals surface area contributed by atoms with Crippen LogP contribution in [0.5, 0.6) is 0 Å². The van der Waals surface area contributed by atoms with Gasteiger partial charge >= 0.3 is 0 Å². The van der Waals surface area contributed by atoms with Gasteiger partial charge in [-0.15, -0.1) is 11.3 Å². The monoisotopic (exact) mass is 443 g/mol. The fraction of sp³-hybridized carbons (Fsp3) is 0.500. The molecule has 1 unspecified atom stereocenters. The average molecular weight is 444 g/mol. The maximum absolute atomic E-state index is 13.2. The van der Waals surface area contributed by atoms with Crippen LogP contribution in [-0.4, -0.2) is 50.1 Å². The topological polar surface area (TPSA) is 61.9 Å². The van der Waals surface area contributed by atoms with Gasteiger partial charge in [0.25, 0.3) is 5.91 Å². The van der Waals surface area contributed by atoms with E-state index in [1.165, 1.54) is 11.3 Å². The molecule has 1 aliphatic heterocycles. The van der Waals surface area contributed by atoms with E-state index >= 15 is 0 Å². The summed E-state index contributed by atoms with van der Waals surface area (Å²) in [4.78, 5) is 30.4.